The molecule has 6 nitrogen and oxygen atoms in total. The van der Waals surface area contributed by atoms with E-state index < -0.39 is 6.10 Å². The Kier molecular flexibility index (Phi) is 4.59. The molecule has 0 bridgehead atoms. The summed E-state index contributed by atoms with van der Waals surface area (Å²) in [5.41, 5.74) is 3.63. The van der Waals surface area contributed by atoms with Crippen LogP contribution in [0.15, 0.2) is 24.3 Å². The zero-order valence-corrected chi connectivity index (χ0v) is 16.1. The maximum absolute atomic E-state index is 13.2. The van der Waals surface area contributed by atoms with E-state index in [4.69, 9.17) is 4.74 Å². The maximum atomic E-state index is 13.2. The summed E-state index contributed by atoms with van der Waals surface area (Å²) in [5.74, 6) is 1.31. The molecule has 28 heavy (non-hydrogen) atoms. The largest absolute Gasteiger partial charge is 0.493 e. The summed E-state index contributed by atoms with van der Waals surface area (Å²) in [7, 11) is 0. The normalized spacial score (nSPS) is 20.4. The lowest BCUT2D eigenvalue weighted by molar-refractivity contribution is 0.0580. The number of ether oxygens (including phenoxy) is 1. The molecule has 1 atom stereocenters. The van der Waals surface area contributed by atoms with Gasteiger partial charge in [0.1, 0.15) is 11.9 Å². The fraction of sp³-hybridized carbons (Fsp3) is 0.545. The first-order valence-corrected chi connectivity index (χ1v) is 10.5. The van der Waals surface area contributed by atoms with Gasteiger partial charge in [0, 0.05) is 18.7 Å². The molecule has 148 valence electrons. The van der Waals surface area contributed by atoms with Gasteiger partial charge in [0.25, 0.3) is 5.91 Å². The third-order valence-electron chi connectivity index (χ3n) is 6.38. The van der Waals surface area contributed by atoms with E-state index in [1.807, 2.05) is 33.8 Å². The van der Waals surface area contributed by atoms with E-state index >= 15 is 0 Å². The Hall–Kier alpha value is -2.34. The van der Waals surface area contributed by atoms with Crippen LogP contribution >= 0.6 is 0 Å². The van der Waals surface area contributed by atoms with Crippen LogP contribution in [0.5, 0.6) is 5.75 Å². The van der Waals surface area contributed by atoms with Crippen LogP contribution in [0.3, 0.4) is 0 Å². The zero-order chi connectivity index (χ0) is 19.1. The molecule has 1 amide bonds. The number of hydrogen-bond donors (Lipinski definition) is 1. The maximum Gasteiger partial charge on any atom is 0.254 e. The molecule has 0 unspecified atom stereocenters. The van der Waals surface area contributed by atoms with Gasteiger partial charge in [-0.15, -0.1) is 0 Å². The number of carbonyl (C=O) groups excluding carboxylic acids is 1. The summed E-state index contributed by atoms with van der Waals surface area (Å²) in [6, 6.07) is 7.79. The number of hydrogen-bond acceptors (Lipinski definition) is 4. The summed E-state index contributed by atoms with van der Waals surface area (Å²) in [5, 5.41) is 15.2. The van der Waals surface area contributed by atoms with Gasteiger partial charge in [-0.1, -0.05) is 6.42 Å². The van der Waals surface area contributed by atoms with Gasteiger partial charge in [-0.25, -0.2) is 0 Å². The molecule has 0 spiro atoms. The van der Waals surface area contributed by atoms with E-state index in [0.29, 0.717) is 12.5 Å². The predicted molar refractivity (Wildman–Crippen MR) is 104 cm³/mol. The van der Waals surface area contributed by atoms with Gasteiger partial charge in [-0.2, -0.15) is 5.10 Å². The van der Waals surface area contributed by atoms with Crippen molar-refractivity contribution in [1.82, 2.24) is 14.7 Å². The molecule has 5 rings (SSSR count). The molecule has 0 radical (unpaired) electrons. The standard InChI is InChI=1S/C22H27N3O3/c26-21(15-4-1-5-15)19-13-18-14-24(9-3-10-25(18)23-19)22(27)17-7-8-20-16(12-17)6-2-11-28-20/h7-8,12-13,15,21,26H,1-6,9-11,14H2/t21-/m1/s1. The van der Waals surface area contributed by atoms with Crippen molar-refractivity contribution in [2.75, 3.05) is 13.2 Å². The number of rotatable bonds is 3. The van der Waals surface area contributed by atoms with Crippen LogP contribution < -0.4 is 4.74 Å². The van der Waals surface area contributed by atoms with E-state index in [1.165, 1.54) is 6.42 Å². The molecular weight excluding hydrogens is 354 g/mol. The Bertz CT molecular complexity index is 887. The second-order valence-corrected chi connectivity index (χ2v) is 8.27. The van der Waals surface area contributed by atoms with E-state index in [-0.39, 0.29) is 5.91 Å². The Balaban J connectivity index is 1.35. The zero-order valence-electron chi connectivity index (χ0n) is 16.1. The Morgan fingerprint density at radius 3 is 2.89 bits per heavy atom. The molecule has 1 aliphatic carbocycles. The van der Waals surface area contributed by atoms with Crippen molar-refractivity contribution in [3.05, 3.63) is 46.8 Å². The van der Waals surface area contributed by atoms with Crippen molar-refractivity contribution in [2.45, 2.75) is 57.7 Å². The average molecular weight is 381 g/mol. The van der Waals surface area contributed by atoms with Crippen LogP contribution in [-0.2, 0) is 19.5 Å². The molecular formula is C22H27N3O3. The number of carbonyl (C=O) groups is 1. The van der Waals surface area contributed by atoms with Crippen LogP contribution in [0.2, 0.25) is 0 Å². The Labute approximate surface area is 165 Å². The van der Waals surface area contributed by atoms with Crippen LogP contribution in [0.1, 0.15) is 65.5 Å². The van der Waals surface area contributed by atoms with Gasteiger partial charge in [0.15, 0.2) is 0 Å². The van der Waals surface area contributed by atoms with Gasteiger partial charge in [-0.3, -0.25) is 9.48 Å². The SMILES string of the molecule is O=C(c1ccc2c(c1)CCCO2)N1CCCn2nc([C@H](O)C3CCC3)cc2C1. The molecule has 3 heterocycles. The summed E-state index contributed by atoms with van der Waals surface area (Å²) in [4.78, 5) is 15.1. The first kappa shape index (κ1) is 17.7. The summed E-state index contributed by atoms with van der Waals surface area (Å²) in [6.45, 7) is 2.80. The number of aliphatic hydroxyl groups is 1. The minimum absolute atomic E-state index is 0.0594. The molecule has 0 saturated heterocycles. The molecule has 3 aliphatic rings. The van der Waals surface area contributed by atoms with Crippen LogP contribution in [0.4, 0.5) is 0 Å². The van der Waals surface area contributed by atoms with Crippen LogP contribution in [0.25, 0.3) is 0 Å². The van der Waals surface area contributed by atoms with E-state index in [2.05, 4.69) is 5.10 Å². The van der Waals surface area contributed by atoms with Crippen LogP contribution in [-0.4, -0.2) is 38.8 Å². The van der Waals surface area contributed by atoms with Gasteiger partial charge >= 0.3 is 0 Å². The van der Waals surface area contributed by atoms with Crippen molar-refractivity contribution in [3.8, 4) is 5.75 Å². The third kappa shape index (κ3) is 3.20. The van der Waals surface area contributed by atoms with E-state index in [1.54, 1.807) is 0 Å². The molecule has 6 heteroatoms. The fourth-order valence-corrected chi connectivity index (χ4v) is 4.48. The predicted octanol–water partition coefficient (Wildman–Crippen LogP) is 3.09. The van der Waals surface area contributed by atoms with Gasteiger partial charge in [0.05, 0.1) is 24.5 Å². The smallest absolute Gasteiger partial charge is 0.254 e. The number of benzene rings is 1. The minimum Gasteiger partial charge on any atom is -0.493 e. The lowest BCUT2D eigenvalue weighted by Gasteiger charge is -2.29. The highest BCUT2D eigenvalue weighted by molar-refractivity contribution is 5.94. The molecule has 1 fully saturated rings. The molecule has 1 aromatic heterocycles. The second-order valence-electron chi connectivity index (χ2n) is 8.27. The molecule has 2 aliphatic heterocycles. The summed E-state index contributed by atoms with van der Waals surface area (Å²) >= 11 is 0. The first-order valence-electron chi connectivity index (χ1n) is 10.5. The molecule has 1 saturated carbocycles. The highest BCUT2D eigenvalue weighted by Crippen LogP contribution is 2.37. The Morgan fingerprint density at radius 1 is 1.18 bits per heavy atom. The lowest BCUT2D eigenvalue weighted by Crippen LogP contribution is -2.31. The van der Waals surface area contributed by atoms with Crippen molar-refractivity contribution >= 4 is 5.91 Å². The van der Waals surface area contributed by atoms with E-state index in [9.17, 15) is 9.90 Å². The molecule has 1 N–H and O–H groups in total. The van der Waals surface area contributed by atoms with Gasteiger partial charge < -0.3 is 14.7 Å². The van der Waals surface area contributed by atoms with E-state index in [0.717, 1.165) is 80.1 Å². The minimum atomic E-state index is -0.474. The quantitative estimate of drug-likeness (QED) is 0.887. The Morgan fingerprint density at radius 2 is 2.07 bits per heavy atom. The average Bonchev–Trinajstić information content (AvgIpc) is 2.97. The highest BCUT2D eigenvalue weighted by atomic mass is 16.5. The van der Waals surface area contributed by atoms with Gasteiger partial charge in [0.2, 0.25) is 0 Å². The van der Waals surface area contributed by atoms with Gasteiger partial charge in [-0.05, 0) is 67.9 Å². The van der Waals surface area contributed by atoms with Crippen molar-refractivity contribution in [2.24, 2.45) is 5.92 Å². The number of nitrogens with zero attached hydrogens (tertiary/aromatic N) is 3. The number of fused-ring (bicyclic) bond motifs is 2. The van der Waals surface area contributed by atoms with Crippen molar-refractivity contribution in [3.63, 3.8) is 0 Å². The third-order valence-corrected chi connectivity index (χ3v) is 6.38. The highest BCUT2D eigenvalue weighted by Gasteiger charge is 2.30. The summed E-state index contributed by atoms with van der Waals surface area (Å²) < 4.78 is 7.65. The lowest BCUT2D eigenvalue weighted by atomic mass is 9.80. The van der Waals surface area contributed by atoms with Crippen molar-refractivity contribution < 1.29 is 14.6 Å². The topological polar surface area (TPSA) is 67.6 Å². The second kappa shape index (κ2) is 7.24. The molecule has 2 aromatic rings. The number of aromatic nitrogens is 2. The molecule has 1 aromatic carbocycles. The number of aryl methyl sites for hydroxylation is 2. The first-order chi connectivity index (χ1) is 13.7. The number of amides is 1. The van der Waals surface area contributed by atoms with Crippen LogP contribution in [0, 0.1) is 5.92 Å². The van der Waals surface area contributed by atoms with Crippen molar-refractivity contribution in [1.29, 1.82) is 0 Å². The summed E-state index contributed by atoms with van der Waals surface area (Å²) in [6.07, 6.45) is 5.71. The number of aliphatic hydroxyl groups excluding tert-OH is 1. The fourth-order valence-electron chi connectivity index (χ4n) is 4.48. The monoisotopic (exact) mass is 381 g/mol.